The Morgan fingerprint density at radius 2 is 2.20 bits per heavy atom. The van der Waals surface area contributed by atoms with Gasteiger partial charge in [-0.15, -0.1) is 0 Å². The molecule has 2 aliphatic carbocycles. The minimum absolute atomic E-state index is 0. The molecule has 4 heteroatoms. The minimum atomic E-state index is -0.305. The van der Waals surface area contributed by atoms with Gasteiger partial charge in [0.25, 0.3) is 0 Å². The van der Waals surface area contributed by atoms with Gasteiger partial charge in [0.15, 0.2) is 0 Å². The Kier molecular flexibility index (Phi) is 3.10. The van der Waals surface area contributed by atoms with Crippen LogP contribution in [0, 0.1) is 5.92 Å². The lowest BCUT2D eigenvalue weighted by Crippen LogP contribution is -2.62. The summed E-state index contributed by atoms with van der Waals surface area (Å²) in [6.07, 6.45) is 4.62. The number of hydrogen-bond acceptors (Lipinski definition) is 3. The number of phenolic OH excluding ortho intramolecular Hbond substituents is 1. The van der Waals surface area contributed by atoms with Gasteiger partial charge in [-0.05, 0) is 55.3 Å². The van der Waals surface area contributed by atoms with Gasteiger partial charge in [-0.3, -0.25) is 4.79 Å². The Hall–Kier alpha value is -1.39. The number of aromatic hydroxyl groups is 1. The highest BCUT2D eigenvalue weighted by Gasteiger charge is 2.56. The average molecular weight is 275 g/mol. The molecule has 1 aromatic carbocycles. The first-order valence-corrected chi connectivity index (χ1v) is 7.31. The second-order valence-corrected chi connectivity index (χ2v) is 6.21. The van der Waals surface area contributed by atoms with Crippen LogP contribution in [-0.4, -0.2) is 29.0 Å². The summed E-state index contributed by atoms with van der Waals surface area (Å²) < 4.78 is 0. The van der Waals surface area contributed by atoms with Crippen molar-refractivity contribution in [3.8, 4) is 5.75 Å². The van der Waals surface area contributed by atoms with Crippen molar-refractivity contribution < 1.29 is 15.4 Å². The predicted octanol–water partition coefficient (Wildman–Crippen LogP) is 1.09. The van der Waals surface area contributed by atoms with Crippen molar-refractivity contribution in [3.63, 3.8) is 0 Å². The molecule has 4 rings (SSSR count). The molecule has 0 unspecified atom stereocenters. The number of carbonyl (C=O) groups excluding carboxylic acids is 1. The maximum atomic E-state index is 12.7. The van der Waals surface area contributed by atoms with E-state index in [1.54, 1.807) is 6.07 Å². The summed E-state index contributed by atoms with van der Waals surface area (Å²) in [5.41, 5.74) is 1.83. The molecule has 1 aromatic rings. The lowest BCUT2D eigenvalue weighted by molar-refractivity contribution is -0.132. The highest BCUT2D eigenvalue weighted by Crippen LogP contribution is 2.53. The van der Waals surface area contributed by atoms with Gasteiger partial charge < -0.3 is 15.9 Å². The van der Waals surface area contributed by atoms with Gasteiger partial charge in [-0.2, -0.15) is 0 Å². The maximum Gasteiger partial charge on any atom is 0.143 e. The molecule has 3 atom stereocenters. The molecule has 3 aliphatic rings. The third kappa shape index (κ3) is 1.52. The number of hydrogen-bond donors (Lipinski definition) is 2. The van der Waals surface area contributed by atoms with E-state index in [0.29, 0.717) is 29.9 Å². The monoisotopic (exact) mass is 275 g/mol. The molecule has 1 saturated carbocycles. The topological polar surface area (TPSA) is 80.8 Å². The van der Waals surface area contributed by atoms with E-state index in [0.717, 1.165) is 43.4 Å². The third-order valence-electron chi connectivity index (χ3n) is 5.52. The number of fused-ring (bicyclic) bond motifs is 1. The molecule has 108 valence electrons. The van der Waals surface area contributed by atoms with Crippen molar-refractivity contribution in [1.29, 1.82) is 0 Å². The number of nitrogens with one attached hydrogen (secondary N) is 1. The van der Waals surface area contributed by atoms with Crippen LogP contribution in [0.4, 0.5) is 0 Å². The molecule has 2 fully saturated rings. The van der Waals surface area contributed by atoms with E-state index in [4.69, 9.17) is 0 Å². The van der Waals surface area contributed by atoms with Crippen LogP contribution in [0.5, 0.6) is 5.75 Å². The molecule has 1 aliphatic heterocycles. The maximum absolute atomic E-state index is 12.7. The molecular weight excluding hydrogens is 254 g/mol. The van der Waals surface area contributed by atoms with E-state index < -0.39 is 0 Å². The van der Waals surface area contributed by atoms with Crippen molar-refractivity contribution >= 4 is 5.78 Å². The van der Waals surface area contributed by atoms with Crippen molar-refractivity contribution in [2.24, 2.45) is 5.92 Å². The van der Waals surface area contributed by atoms with Crippen LogP contribution in [0.15, 0.2) is 18.2 Å². The van der Waals surface area contributed by atoms with Crippen LogP contribution in [0.1, 0.15) is 36.8 Å². The van der Waals surface area contributed by atoms with E-state index in [1.807, 2.05) is 6.07 Å². The van der Waals surface area contributed by atoms with Crippen LogP contribution in [0.25, 0.3) is 0 Å². The van der Waals surface area contributed by atoms with Gasteiger partial charge >= 0.3 is 0 Å². The molecule has 1 heterocycles. The Morgan fingerprint density at radius 3 is 3.05 bits per heavy atom. The number of ketones is 1. The number of carbonyl (C=O) groups is 1. The molecule has 0 amide bonds. The normalized spacial score (nSPS) is 34.7. The third-order valence-corrected chi connectivity index (χ3v) is 5.52. The largest absolute Gasteiger partial charge is 0.508 e. The van der Waals surface area contributed by atoms with E-state index in [1.165, 1.54) is 0 Å². The van der Waals surface area contributed by atoms with Gasteiger partial charge in [0, 0.05) is 12.5 Å². The quantitative estimate of drug-likeness (QED) is 0.743. The van der Waals surface area contributed by atoms with Crippen molar-refractivity contribution in [2.45, 2.75) is 43.6 Å². The number of benzene rings is 1. The van der Waals surface area contributed by atoms with Crippen molar-refractivity contribution in [2.75, 3.05) is 6.54 Å². The highest BCUT2D eigenvalue weighted by molar-refractivity contribution is 5.92. The van der Waals surface area contributed by atoms with E-state index >= 15 is 0 Å². The van der Waals surface area contributed by atoms with Gasteiger partial charge in [-0.1, -0.05) is 12.1 Å². The zero-order valence-corrected chi connectivity index (χ0v) is 11.5. The molecule has 4 N–H and O–H groups in total. The summed E-state index contributed by atoms with van der Waals surface area (Å²) in [4.78, 5) is 12.7. The number of rotatable bonds is 0. The van der Waals surface area contributed by atoms with Crippen LogP contribution >= 0.6 is 0 Å². The fourth-order valence-corrected chi connectivity index (χ4v) is 4.75. The molecule has 1 saturated heterocycles. The second-order valence-electron chi connectivity index (χ2n) is 6.21. The number of piperidine rings is 1. The Morgan fingerprint density at radius 1 is 1.35 bits per heavy atom. The lowest BCUT2D eigenvalue weighted by atomic mass is 9.52. The number of phenols is 1. The fourth-order valence-electron chi connectivity index (χ4n) is 4.75. The van der Waals surface area contributed by atoms with E-state index in [-0.39, 0.29) is 10.9 Å². The van der Waals surface area contributed by atoms with Gasteiger partial charge in [0.1, 0.15) is 11.5 Å². The van der Waals surface area contributed by atoms with Crippen molar-refractivity contribution in [1.82, 2.24) is 5.32 Å². The van der Waals surface area contributed by atoms with Crippen LogP contribution in [0.2, 0.25) is 0 Å². The molecule has 4 nitrogen and oxygen atoms in total. The van der Waals surface area contributed by atoms with Gasteiger partial charge in [0.05, 0.1) is 5.41 Å². The molecule has 0 spiro atoms. The lowest BCUT2D eigenvalue weighted by Gasteiger charge is -2.54. The summed E-state index contributed by atoms with van der Waals surface area (Å²) in [7, 11) is 0. The summed E-state index contributed by atoms with van der Waals surface area (Å²) in [6, 6.07) is 6.08. The highest BCUT2D eigenvalue weighted by atomic mass is 16.3. The Balaban J connectivity index is 0.00000121. The first-order valence-electron chi connectivity index (χ1n) is 7.31. The molecule has 0 aromatic heterocycles. The van der Waals surface area contributed by atoms with Crippen LogP contribution in [-0.2, 0) is 16.6 Å². The van der Waals surface area contributed by atoms with Gasteiger partial charge in [0.2, 0.25) is 0 Å². The molecule has 20 heavy (non-hydrogen) atoms. The molecule has 2 bridgehead atoms. The standard InChI is InChI=1S/C16H19NO2.H2O/c18-14-5-1-3-11-10(14)9-13-12-4-2-6-15(19)16(11,12)7-8-17-13;/h1,3,5,12-13,17-18H,2,4,6-9H2;1H2/t12-,13+,16+;/m0./s1. The first kappa shape index (κ1) is 13.6. The predicted molar refractivity (Wildman–Crippen MR) is 75.9 cm³/mol. The van der Waals surface area contributed by atoms with E-state index in [9.17, 15) is 9.90 Å². The first-order chi connectivity index (χ1) is 9.23. The summed E-state index contributed by atoms with van der Waals surface area (Å²) >= 11 is 0. The number of Topliss-reactive ketones (excluding diaryl/α,β-unsaturated/α-hetero) is 1. The summed E-state index contributed by atoms with van der Waals surface area (Å²) in [5.74, 6) is 1.20. The van der Waals surface area contributed by atoms with Crippen LogP contribution < -0.4 is 5.32 Å². The van der Waals surface area contributed by atoms with Crippen LogP contribution in [0.3, 0.4) is 0 Å². The molecular formula is C16H21NO3. The minimum Gasteiger partial charge on any atom is -0.508 e. The zero-order chi connectivity index (χ0) is 13.0. The summed E-state index contributed by atoms with van der Waals surface area (Å²) in [5, 5.41) is 13.7. The van der Waals surface area contributed by atoms with Crippen molar-refractivity contribution in [3.05, 3.63) is 29.3 Å². The Bertz CT molecular complexity index is 557. The SMILES string of the molecule is O.O=C1CCC[C@H]2[C@H]3Cc4c(O)cccc4[C@@]12CCN3. The molecule has 0 radical (unpaired) electrons. The second kappa shape index (κ2) is 4.57. The van der Waals surface area contributed by atoms with Gasteiger partial charge in [-0.25, -0.2) is 0 Å². The van der Waals surface area contributed by atoms with E-state index in [2.05, 4.69) is 11.4 Å². The zero-order valence-electron chi connectivity index (χ0n) is 11.5. The Labute approximate surface area is 118 Å². The smallest absolute Gasteiger partial charge is 0.143 e. The summed E-state index contributed by atoms with van der Waals surface area (Å²) in [6.45, 7) is 0.919. The average Bonchev–Trinajstić information content (AvgIpc) is 2.40. The fraction of sp³-hybridized carbons (Fsp3) is 0.562.